The largest absolute Gasteiger partial charge is 0.454 e. The van der Waals surface area contributed by atoms with Gasteiger partial charge in [-0.05, 0) is 53.0 Å². The summed E-state index contributed by atoms with van der Waals surface area (Å²) in [6, 6.07) is 3.78. The molecule has 0 radical (unpaired) electrons. The Labute approximate surface area is 123 Å². The first-order chi connectivity index (χ1) is 9.46. The monoisotopic (exact) mass is 353 g/mol. The van der Waals surface area contributed by atoms with Gasteiger partial charge in [-0.25, -0.2) is 0 Å². The lowest BCUT2D eigenvalue weighted by Crippen LogP contribution is -2.16. The zero-order valence-corrected chi connectivity index (χ0v) is 12.3. The molecule has 0 aliphatic carbocycles. The van der Waals surface area contributed by atoms with Crippen molar-refractivity contribution in [2.75, 3.05) is 13.3 Å². The van der Waals surface area contributed by atoms with Crippen LogP contribution in [0.1, 0.15) is 24.8 Å². The molecule has 3 nitrogen and oxygen atoms in total. The third kappa shape index (κ3) is 4.56. The van der Waals surface area contributed by atoms with Crippen LogP contribution in [0.15, 0.2) is 16.6 Å². The predicted molar refractivity (Wildman–Crippen MR) is 71.9 cm³/mol. The number of halogens is 4. The molecule has 1 aliphatic rings. The van der Waals surface area contributed by atoms with Gasteiger partial charge >= 0.3 is 6.18 Å². The average molecular weight is 354 g/mol. The van der Waals surface area contributed by atoms with Crippen LogP contribution < -0.4 is 14.8 Å². The Kier molecular flexibility index (Phi) is 5.15. The molecule has 1 aromatic rings. The van der Waals surface area contributed by atoms with Crippen LogP contribution in [0.25, 0.3) is 0 Å². The number of benzene rings is 1. The van der Waals surface area contributed by atoms with Crippen molar-refractivity contribution in [3.63, 3.8) is 0 Å². The molecule has 0 aromatic heterocycles. The minimum atomic E-state index is -4.05. The van der Waals surface area contributed by atoms with Gasteiger partial charge in [-0.2, -0.15) is 13.2 Å². The summed E-state index contributed by atoms with van der Waals surface area (Å²) in [7, 11) is 0. The number of rotatable bonds is 6. The van der Waals surface area contributed by atoms with Gasteiger partial charge in [0.05, 0.1) is 4.47 Å². The molecular weight excluding hydrogens is 339 g/mol. The Hall–Kier alpha value is -0.950. The van der Waals surface area contributed by atoms with E-state index in [2.05, 4.69) is 21.2 Å². The van der Waals surface area contributed by atoms with Crippen molar-refractivity contribution in [2.45, 2.75) is 32.0 Å². The maximum absolute atomic E-state index is 11.9. The number of nitrogens with one attached hydrogen (secondary N) is 1. The summed E-state index contributed by atoms with van der Waals surface area (Å²) >= 11 is 3.40. The van der Waals surface area contributed by atoms with Crippen LogP contribution in [-0.2, 0) is 6.54 Å². The molecule has 20 heavy (non-hydrogen) atoms. The van der Waals surface area contributed by atoms with E-state index in [1.165, 1.54) is 0 Å². The van der Waals surface area contributed by atoms with Crippen molar-refractivity contribution >= 4 is 15.9 Å². The number of hydrogen-bond acceptors (Lipinski definition) is 3. The SMILES string of the molecule is FC(F)(F)CCCCNCc1cc(Br)c2c(c1)OCO2. The van der Waals surface area contributed by atoms with Crippen LogP contribution in [0.2, 0.25) is 0 Å². The van der Waals surface area contributed by atoms with Crippen LogP contribution in [0.4, 0.5) is 13.2 Å². The smallest absolute Gasteiger partial charge is 0.389 e. The molecule has 0 spiro atoms. The van der Waals surface area contributed by atoms with Crippen molar-refractivity contribution in [3.8, 4) is 11.5 Å². The highest BCUT2D eigenvalue weighted by Crippen LogP contribution is 2.39. The van der Waals surface area contributed by atoms with Crippen LogP contribution in [0.3, 0.4) is 0 Å². The summed E-state index contributed by atoms with van der Waals surface area (Å²) in [6.07, 6.45) is -4.11. The van der Waals surface area contributed by atoms with E-state index in [0.29, 0.717) is 31.0 Å². The van der Waals surface area contributed by atoms with E-state index in [-0.39, 0.29) is 13.2 Å². The molecule has 0 saturated carbocycles. The van der Waals surface area contributed by atoms with Gasteiger partial charge in [-0.1, -0.05) is 0 Å². The van der Waals surface area contributed by atoms with Gasteiger partial charge < -0.3 is 14.8 Å². The molecule has 0 saturated heterocycles. The Balaban J connectivity index is 1.71. The summed E-state index contributed by atoms with van der Waals surface area (Å²) in [4.78, 5) is 0. The summed E-state index contributed by atoms with van der Waals surface area (Å²) in [5.74, 6) is 1.38. The first kappa shape index (κ1) is 15.4. The lowest BCUT2D eigenvalue weighted by atomic mass is 10.2. The van der Waals surface area contributed by atoms with Gasteiger partial charge in [-0.3, -0.25) is 0 Å². The van der Waals surface area contributed by atoms with E-state index in [1.807, 2.05) is 12.1 Å². The number of alkyl halides is 3. The minimum absolute atomic E-state index is 0.154. The lowest BCUT2D eigenvalue weighted by Gasteiger charge is -2.08. The van der Waals surface area contributed by atoms with E-state index in [4.69, 9.17) is 9.47 Å². The zero-order chi connectivity index (χ0) is 14.6. The van der Waals surface area contributed by atoms with Gasteiger partial charge in [0.15, 0.2) is 11.5 Å². The van der Waals surface area contributed by atoms with E-state index in [1.54, 1.807) is 0 Å². The number of ether oxygens (including phenoxy) is 2. The highest BCUT2D eigenvalue weighted by Gasteiger charge is 2.25. The molecule has 0 amide bonds. The van der Waals surface area contributed by atoms with Gasteiger partial charge in [-0.15, -0.1) is 0 Å². The maximum Gasteiger partial charge on any atom is 0.389 e. The van der Waals surface area contributed by atoms with Crippen LogP contribution in [0, 0.1) is 0 Å². The summed E-state index contributed by atoms with van der Waals surface area (Å²) in [5.41, 5.74) is 0.997. The second kappa shape index (κ2) is 6.67. The standard InChI is InChI=1S/C13H15BrF3NO2/c14-10-5-9(6-11-12(10)20-8-19-11)7-18-4-2-1-3-13(15,16)17/h5-6,18H,1-4,7-8H2. The average Bonchev–Trinajstić information content (AvgIpc) is 2.81. The third-order valence-electron chi connectivity index (χ3n) is 2.88. The number of hydrogen-bond donors (Lipinski definition) is 1. The van der Waals surface area contributed by atoms with Gasteiger partial charge in [0.1, 0.15) is 0 Å². The molecule has 0 fully saturated rings. The van der Waals surface area contributed by atoms with E-state index < -0.39 is 12.6 Å². The van der Waals surface area contributed by atoms with Gasteiger partial charge in [0.2, 0.25) is 6.79 Å². The summed E-state index contributed by atoms with van der Waals surface area (Å²) in [5, 5.41) is 3.12. The molecule has 0 atom stereocenters. The molecule has 1 heterocycles. The fourth-order valence-electron chi connectivity index (χ4n) is 1.93. The second-order valence-electron chi connectivity index (χ2n) is 4.56. The van der Waals surface area contributed by atoms with E-state index in [0.717, 1.165) is 10.0 Å². The van der Waals surface area contributed by atoms with Crippen molar-refractivity contribution in [3.05, 3.63) is 22.2 Å². The number of unbranched alkanes of at least 4 members (excludes halogenated alkanes) is 1. The predicted octanol–water partition coefficient (Wildman–Crippen LogP) is 4.00. The van der Waals surface area contributed by atoms with E-state index >= 15 is 0 Å². The molecule has 0 bridgehead atoms. The van der Waals surface area contributed by atoms with Crippen molar-refractivity contribution in [2.24, 2.45) is 0 Å². The molecule has 1 aliphatic heterocycles. The topological polar surface area (TPSA) is 30.5 Å². The minimum Gasteiger partial charge on any atom is -0.454 e. The Morgan fingerprint density at radius 3 is 2.75 bits per heavy atom. The fraction of sp³-hybridized carbons (Fsp3) is 0.538. The van der Waals surface area contributed by atoms with Crippen molar-refractivity contribution < 1.29 is 22.6 Å². The molecule has 1 aromatic carbocycles. The Morgan fingerprint density at radius 2 is 2.00 bits per heavy atom. The first-order valence-corrected chi connectivity index (χ1v) is 7.10. The van der Waals surface area contributed by atoms with E-state index in [9.17, 15) is 13.2 Å². The zero-order valence-electron chi connectivity index (χ0n) is 10.7. The number of fused-ring (bicyclic) bond motifs is 1. The van der Waals surface area contributed by atoms with Crippen LogP contribution in [-0.4, -0.2) is 19.5 Å². The lowest BCUT2D eigenvalue weighted by molar-refractivity contribution is -0.135. The summed E-state index contributed by atoms with van der Waals surface area (Å²) < 4.78 is 47.2. The quantitative estimate of drug-likeness (QED) is 0.784. The highest BCUT2D eigenvalue weighted by atomic mass is 79.9. The molecule has 7 heteroatoms. The molecule has 112 valence electrons. The highest BCUT2D eigenvalue weighted by molar-refractivity contribution is 9.10. The normalized spacial score (nSPS) is 13.8. The Morgan fingerprint density at radius 1 is 1.20 bits per heavy atom. The Bertz CT molecular complexity index is 466. The molecule has 2 rings (SSSR count). The molecule has 1 N–H and O–H groups in total. The molecular formula is C13H15BrF3NO2. The summed E-state index contributed by atoms with van der Waals surface area (Å²) in [6.45, 7) is 1.35. The fourth-order valence-corrected chi connectivity index (χ4v) is 2.53. The second-order valence-corrected chi connectivity index (χ2v) is 5.41. The van der Waals surface area contributed by atoms with Crippen molar-refractivity contribution in [1.29, 1.82) is 0 Å². The third-order valence-corrected chi connectivity index (χ3v) is 3.47. The first-order valence-electron chi connectivity index (χ1n) is 6.31. The van der Waals surface area contributed by atoms with Crippen molar-refractivity contribution in [1.82, 2.24) is 5.32 Å². The molecule has 0 unspecified atom stereocenters. The van der Waals surface area contributed by atoms with Gasteiger partial charge in [0, 0.05) is 13.0 Å². The van der Waals surface area contributed by atoms with Crippen LogP contribution >= 0.6 is 15.9 Å². The maximum atomic E-state index is 11.9. The van der Waals surface area contributed by atoms with Gasteiger partial charge in [0.25, 0.3) is 0 Å². The van der Waals surface area contributed by atoms with Crippen LogP contribution in [0.5, 0.6) is 11.5 Å².